The summed E-state index contributed by atoms with van der Waals surface area (Å²) in [5.74, 6) is 0.532. The molecule has 4 aromatic rings. The highest BCUT2D eigenvalue weighted by Gasteiger charge is 2.10. The molecule has 0 saturated heterocycles. The summed E-state index contributed by atoms with van der Waals surface area (Å²) in [6, 6.07) is 27.0. The zero-order valence-corrected chi connectivity index (χ0v) is 15.9. The lowest BCUT2D eigenvalue weighted by Crippen LogP contribution is -2.11. The number of carbonyl (C=O) groups is 1. The van der Waals surface area contributed by atoms with Crippen molar-refractivity contribution in [1.82, 2.24) is 4.98 Å². The van der Waals surface area contributed by atoms with Crippen molar-refractivity contribution in [3.05, 3.63) is 101 Å². The second-order valence-corrected chi connectivity index (χ2v) is 7.01. The molecule has 1 N–H and O–H groups in total. The van der Waals surface area contributed by atoms with Crippen molar-refractivity contribution in [3.8, 4) is 17.0 Å². The van der Waals surface area contributed by atoms with Gasteiger partial charge in [0.25, 0.3) is 5.91 Å². The maximum atomic E-state index is 12.5. The van der Waals surface area contributed by atoms with Gasteiger partial charge in [0.2, 0.25) is 0 Å². The fourth-order valence-corrected chi connectivity index (χ4v) is 3.40. The Morgan fingerprint density at radius 2 is 1.57 bits per heavy atom. The third kappa shape index (κ3) is 4.45. The molecule has 0 bridgehead atoms. The highest BCUT2D eigenvalue weighted by molar-refractivity contribution is 7.14. The summed E-state index contributed by atoms with van der Waals surface area (Å²) in [7, 11) is 0. The molecule has 1 amide bonds. The number of hydrogen-bond acceptors (Lipinski definition) is 4. The molecule has 1 heterocycles. The maximum absolute atomic E-state index is 12.5. The predicted octanol–water partition coefficient (Wildman–Crippen LogP) is 5.64. The van der Waals surface area contributed by atoms with Crippen LogP contribution >= 0.6 is 11.3 Å². The molecule has 0 saturated carbocycles. The van der Waals surface area contributed by atoms with E-state index < -0.39 is 0 Å². The number of nitrogens with zero attached hydrogens (tertiary/aromatic N) is 1. The van der Waals surface area contributed by atoms with E-state index in [9.17, 15) is 4.79 Å². The van der Waals surface area contributed by atoms with E-state index in [1.165, 1.54) is 11.3 Å². The lowest BCUT2D eigenvalue weighted by atomic mass is 10.2. The van der Waals surface area contributed by atoms with Gasteiger partial charge in [-0.25, -0.2) is 4.98 Å². The van der Waals surface area contributed by atoms with Crippen LogP contribution < -0.4 is 10.1 Å². The molecular weight excluding hydrogens is 368 g/mol. The van der Waals surface area contributed by atoms with Crippen molar-refractivity contribution in [2.45, 2.75) is 6.61 Å². The van der Waals surface area contributed by atoms with E-state index in [1.54, 1.807) is 24.3 Å². The quantitative estimate of drug-likeness (QED) is 0.466. The predicted molar refractivity (Wildman–Crippen MR) is 113 cm³/mol. The fraction of sp³-hybridized carbons (Fsp3) is 0.0435. The number of carbonyl (C=O) groups excluding carboxylic acids is 1. The molecule has 0 atom stereocenters. The van der Waals surface area contributed by atoms with Crippen LogP contribution in [0.1, 0.15) is 15.9 Å². The molecule has 0 aliphatic carbocycles. The van der Waals surface area contributed by atoms with Crippen LogP contribution in [0, 0.1) is 0 Å². The van der Waals surface area contributed by atoms with Gasteiger partial charge in [-0.05, 0) is 29.8 Å². The van der Waals surface area contributed by atoms with Crippen molar-refractivity contribution in [2.75, 3.05) is 5.32 Å². The minimum Gasteiger partial charge on any atom is -0.489 e. The highest BCUT2D eigenvalue weighted by Crippen LogP contribution is 2.25. The zero-order chi connectivity index (χ0) is 19.2. The number of nitrogens with one attached hydrogen (secondary N) is 1. The smallest absolute Gasteiger partial charge is 0.257 e. The van der Waals surface area contributed by atoms with Gasteiger partial charge < -0.3 is 4.74 Å². The van der Waals surface area contributed by atoms with Crippen LogP contribution in [0.15, 0.2) is 90.3 Å². The van der Waals surface area contributed by atoms with Crippen molar-refractivity contribution in [1.29, 1.82) is 0 Å². The zero-order valence-electron chi connectivity index (χ0n) is 15.0. The van der Waals surface area contributed by atoms with Crippen LogP contribution in [0.5, 0.6) is 5.75 Å². The second-order valence-electron chi connectivity index (χ2n) is 6.16. The van der Waals surface area contributed by atoms with E-state index in [4.69, 9.17) is 4.74 Å². The van der Waals surface area contributed by atoms with E-state index >= 15 is 0 Å². The van der Waals surface area contributed by atoms with Gasteiger partial charge in [0.15, 0.2) is 5.13 Å². The van der Waals surface area contributed by atoms with Gasteiger partial charge in [0.1, 0.15) is 12.4 Å². The lowest BCUT2D eigenvalue weighted by molar-refractivity contribution is 0.102. The molecule has 4 rings (SSSR count). The van der Waals surface area contributed by atoms with Crippen LogP contribution in [0.4, 0.5) is 5.13 Å². The molecule has 1 aromatic heterocycles. The Labute approximate surface area is 167 Å². The number of ether oxygens (including phenoxy) is 1. The van der Waals surface area contributed by atoms with Gasteiger partial charge in [0.05, 0.1) is 5.69 Å². The molecule has 5 heteroatoms. The summed E-state index contributed by atoms with van der Waals surface area (Å²) in [5.41, 5.74) is 3.54. The number of rotatable bonds is 6. The normalized spacial score (nSPS) is 10.4. The molecule has 28 heavy (non-hydrogen) atoms. The Morgan fingerprint density at radius 1 is 0.893 bits per heavy atom. The number of amides is 1. The van der Waals surface area contributed by atoms with Crippen molar-refractivity contribution < 1.29 is 9.53 Å². The van der Waals surface area contributed by atoms with Crippen LogP contribution in [0.2, 0.25) is 0 Å². The number of hydrogen-bond donors (Lipinski definition) is 1. The van der Waals surface area contributed by atoms with Crippen LogP contribution in [0.3, 0.4) is 0 Å². The number of thiazole rings is 1. The van der Waals surface area contributed by atoms with Gasteiger partial charge in [-0.3, -0.25) is 10.1 Å². The van der Waals surface area contributed by atoms with E-state index in [-0.39, 0.29) is 5.91 Å². The standard InChI is InChI=1S/C23H18N2O2S/c26-22(25-23-24-21(16-28-23)18-9-5-2-6-10-18)19-11-13-20(14-12-19)27-15-17-7-3-1-4-8-17/h1-14,16H,15H2,(H,24,25,26). The summed E-state index contributed by atoms with van der Waals surface area (Å²) >= 11 is 1.41. The molecule has 0 radical (unpaired) electrons. The topological polar surface area (TPSA) is 51.2 Å². The summed E-state index contributed by atoms with van der Waals surface area (Å²) in [4.78, 5) is 17.0. The molecule has 0 aliphatic rings. The van der Waals surface area contributed by atoms with Gasteiger partial charge in [0, 0.05) is 16.5 Å². The summed E-state index contributed by atoms with van der Waals surface area (Å²) < 4.78 is 5.76. The lowest BCUT2D eigenvalue weighted by Gasteiger charge is -2.07. The number of anilines is 1. The molecule has 138 valence electrons. The average molecular weight is 386 g/mol. The Morgan fingerprint density at radius 3 is 2.29 bits per heavy atom. The second kappa shape index (κ2) is 8.50. The monoisotopic (exact) mass is 386 g/mol. The van der Waals surface area contributed by atoms with Gasteiger partial charge in [-0.15, -0.1) is 11.3 Å². The fourth-order valence-electron chi connectivity index (χ4n) is 2.69. The van der Waals surface area contributed by atoms with E-state index in [2.05, 4.69) is 10.3 Å². The first-order valence-corrected chi connectivity index (χ1v) is 9.75. The van der Waals surface area contributed by atoms with Crippen molar-refractivity contribution >= 4 is 22.4 Å². The van der Waals surface area contributed by atoms with Crippen LogP contribution in [-0.4, -0.2) is 10.9 Å². The molecule has 3 aromatic carbocycles. The third-order valence-corrected chi connectivity index (χ3v) is 4.92. The molecule has 0 fully saturated rings. The Kier molecular flexibility index (Phi) is 5.45. The van der Waals surface area contributed by atoms with Gasteiger partial charge in [-0.2, -0.15) is 0 Å². The summed E-state index contributed by atoms with van der Waals surface area (Å²) in [6.45, 7) is 0.494. The first-order valence-electron chi connectivity index (χ1n) is 8.87. The Balaban J connectivity index is 1.37. The van der Waals surface area contributed by atoms with Crippen molar-refractivity contribution in [3.63, 3.8) is 0 Å². The van der Waals surface area contributed by atoms with Gasteiger partial charge in [-0.1, -0.05) is 60.7 Å². The molecule has 0 spiro atoms. The minimum atomic E-state index is -0.191. The first-order chi connectivity index (χ1) is 13.8. The third-order valence-electron chi connectivity index (χ3n) is 4.16. The number of aromatic nitrogens is 1. The largest absolute Gasteiger partial charge is 0.489 e. The van der Waals surface area contributed by atoms with Crippen LogP contribution in [-0.2, 0) is 6.61 Å². The molecule has 0 aliphatic heterocycles. The first kappa shape index (κ1) is 17.9. The molecular formula is C23H18N2O2S. The van der Waals surface area contributed by atoms with Crippen molar-refractivity contribution in [2.24, 2.45) is 0 Å². The van der Waals surface area contributed by atoms with Crippen LogP contribution in [0.25, 0.3) is 11.3 Å². The van der Waals surface area contributed by atoms with E-state index in [1.807, 2.05) is 66.0 Å². The Hall–Kier alpha value is -3.44. The molecule has 0 unspecified atom stereocenters. The summed E-state index contributed by atoms with van der Waals surface area (Å²) in [5, 5.41) is 5.37. The highest BCUT2D eigenvalue weighted by atomic mass is 32.1. The van der Waals surface area contributed by atoms with E-state index in [0.29, 0.717) is 17.3 Å². The van der Waals surface area contributed by atoms with Gasteiger partial charge >= 0.3 is 0 Å². The summed E-state index contributed by atoms with van der Waals surface area (Å²) in [6.07, 6.45) is 0. The van der Waals surface area contributed by atoms with E-state index in [0.717, 1.165) is 22.6 Å². The Bertz CT molecular complexity index is 1040. The minimum absolute atomic E-state index is 0.191. The molecule has 4 nitrogen and oxygen atoms in total. The number of benzene rings is 3. The maximum Gasteiger partial charge on any atom is 0.257 e. The SMILES string of the molecule is O=C(Nc1nc(-c2ccccc2)cs1)c1ccc(OCc2ccccc2)cc1. The average Bonchev–Trinajstić information content (AvgIpc) is 3.22.